The van der Waals surface area contributed by atoms with Gasteiger partial charge in [-0.05, 0) is 42.3 Å². The zero-order valence-corrected chi connectivity index (χ0v) is 15.4. The summed E-state index contributed by atoms with van der Waals surface area (Å²) in [4.78, 5) is 23.9. The van der Waals surface area contributed by atoms with Crippen molar-refractivity contribution in [1.82, 2.24) is 10.6 Å². The number of rotatable bonds is 7. The van der Waals surface area contributed by atoms with Crippen molar-refractivity contribution in [3.8, 4) is 0 Å². The molecule has 2 aromatic rings. The summed E-state index contributed by atoms with van der Waals surface area (Å²) in [6, 6.07) is 14.1. The first-order valence-corrected chi connectivity index (χ1v) is 8.73. The van der Waals surface area contributed by atoms with E-state index in [2.05, 4.69) is 10.6 Å². The Labute approximate surface area is 157 Å². The van der Waals surface area contributed by atoms with Crippen LogP contribution in [0.5, 0.6) is 0 Å². The van der Waals surface area contributed by atoms with Crippen molar-refractivity contribution in [2.75, 3.05) is 6.54 Å². The van der Waals surface area contributed by atoms with Gasteiger partial charge < -0.3 is 10.6 Å². The van der Waals surface area contributed by atoms with Gasteiger partial charge in [0, 0.05) is 22.6 Å². The van der Waals surface area contributed by atoms with E-state index in [1.54, 1.807) is 24.3 Å². The molecule has 25 heavy (non-hydrogen) atoms. The van der Waals surface area contributed by atoms with Crippen LogP contribution in [0.2, 0.25) is 10.0 Å². The van der Waals surface area contributed by atoms with Crippen LogP contribution in [0.25, 0.3) is 0 Å². The zero-order chi connectivity index (χ0) is 18.2. The molecule has 1 unspecified atom stereocenters. The Morgan fingerprint density at radius 2 is 1.28 bits per heavy atom. The molecule has 2 aromatic carbocycles. The molecule has 0 heterocycles. The summed E-state index contributed by atoms with van der Waals surface area (Å²) >= 11 is 11.6. The van der Waals surface area contributed by atoms with Crippen LogP contribution >= 0.6 is 23.2 Å². The maximum Gasteiger partial charge on any atom is 0.224 e. The maximum absolute atomic E-state index is 12.0. The van der Waals surface area contributed by atoms with E-state index in [0.717, 1.165) is 11.1 Å². The van der Waals surface area contributed by atoms with Crippen molar-refractivity contribution in [3.05, 3.63) is 69.7 Å². The van der Waals surface area contributed by atoms with Crippen LogP contribution in [0.4, 0.5) is 0 Å². The predicted molar refractivity (Wildman–Crippen MR) is 101 cm³/mol. The highest BCUT2D eigenvalue weighted by Gasteiger charge is 2.10. The summed E-state index contributed by atoms with van der Waals surface area (Å²) in [6.45, 7) is 2.22. The number of benzene rings is 2. The molecule has 6 heteroatoms. The summed E-state index contributed by atoms with van der Waals surface area (Å²) in [6.07, 6.45) is 0.558. The number of hydrogen-bond acceptors (Lipinski definition) is 2. The molecule has 132 valence electrons. The number of amides is 2. The van der Waals surface area contributed by atoms with Gasteiger partial charge in [0.05, 0.1) is 12.8 Å². The summed E-state index contributed by atoms with van der Waals surface area (Å²) in [5.74, 6) is -0.192. The number of halogens is 2. The van der Waals surface area contributed by atoms with E-state index in [1.807, 2.05) is 31.2 Å². The minimum Gasteiger partial charge on any atom is -0.354 e. The minimum absolute atomic E-state index is 0.0956. The molecule has 0 fully saturated rings. The number of carbonyl (C=O) groups excluding carboxylic acids is 2. The average molecular weight is 379 g/mol. The predicted octanol–water partition coefficient (Wildman–Crippen LogP) is 3.40. The molecule has 0 saturated heterocycles. The molecule has 0 spiro atoms. The maximum atomic E-state index is 12.0. The average Bonchev–Trinajstić information content (AvgIpc) is 2.57. The van der Waals surface area contributed by atoms with Gasteiger partial charge in [0.25, 0.3) is 0 Å². The van der Waals surface area contributed by atoms with Crippen LogP contribution in [-0.4, -0.2) is 24.4 Å². The molecule has 0 aliphatic heterocycles. The molecule has 2 amide bonds. The molecule has 0 bridgehead atoms. The smallest absolute Gasteiger partial charge is 0.224 e. The third kappa shape index (κ3) is 7.16. The van der Waals surface area contributed by atoms with E-state index in [4.69, 9.17) is 23.2 Å². The highest BCUT2D eigenvalue weighted by molar-refractivity contribution is 6.30. The van der Waals surface area contributed by atoms with E-state index < -0.39 is 0 Å². The Bertz CT molecular complexity index is 715. The van der Waals surface area contributed by atoms with Crippen molar-refractivity contribution < 1.29 is 9.59 Å². The second-order valence-corrected chi connectivity index (χ2v) is 6.75. The normalized spacial score (nSPS) is 11.6. The highest BCUT2D eigenvalue weighted by atomic mass is 35.5. The molecular formula is C19H20Cl2N2O2. The Balaban J connectivity index is 1.71. The van der Waals surface area contributed by atoms with E-state index in [9.17, 15) is 9.59 Å². The first kappa shape index (κ1) is 19.3. The molecule has 0 saturated carbocycles. The van der Waals surface area contributed by atoms with Gasteiger partial charge in [-0.2, -0.15) is 0 Å². The van der Waals surface area contributed by atoms with Gasteiger partial charge in [-0.3, -0.25) is 9.59 Å². The van der Waals surface area contributed by atoms with Gasteiger partial charge >= 0.3 is 0 Å². The third-order valence-corrected chi connectivity index (χ3v) is 4.07. The van der Waals surface area contributed by atoms with Crippen LogP contribution in [0, 0.1) is 0 Å². The highest BCUT2D eigenvalue weighted by Crippen LogP contribution is 2.10. The molecule has 4 nitrogen and oxygen atoms in total. The molecular weight excluding hydrogens is 359 g/mol. The lowest BCUT2D eigenvalue weighted by Gasteiger charge is -2.15. The van der Waals surface area contributed by atoms with E-state index in [0.29, 0.717) is 16.6 Å². The quantitative estimate of drug-likeness (QED) is 0.775. The van der Waals surface area contributed by atoms with Gasteiger partial charge in [0.15, 0.2) is 0 Å². The van der Waals surface area contributed by atoms with Crippen molar-refractivity contribution >= 4 is 35.0 Å². The van der Waals surface area contributed by atoms with Crippen molar-refractivity contribution in [2.45, 2.75) is 25.8 Å². The summed E-state index contributed by atoms with van der Waals surface area (Å²) in [5, 5.41) is 6.96. The standard InChI is InChI=1S/C19H20Cl2N2O2/c1-13(23-19(25)11-15-4-8-17(21)9-5-15)12-22-18(24)10-14-2-6-16(20)7-3-14/h2-9,13H,10-12H2,1H3,(H,22,24)(H,23,25). The topological polar surface area (TPSA) is 58.2 Å². The Morgan fingerprint density at radius 3 is 1.76 bits per heavy atom. The van der Waals surface area contributed by atoms with Gasteiger partial charge in [0.1, 0.15) is 0 Å². The number of nitrogens with one attached hydrogen (secondary N) is 2. The first-order valence-electron chi connectivity index (χ1n) is 7.97. The third-order valence-electron chi connectivity index (χ3n) is 3.57. The van der Waals surface area contributed by atoms with Crippen LogP contribution in [0.1, 0.15) is 18.1 Å². The Kier molecular flexibility index (Phi) is 7.29. The lowest BCUT2D eigenvalue weighted by atomic mass is 10.1. The lowest BCUT2D eigenvalue weighted by Crippen LogP contribution is -2.42. The zero-order valence-electron chi connectivity index (χ0n) is 13.9. The van der Waals surface area contributed by atoms with Crippen LogP contribution in [-0.2, 0) is 22.4 Å². The second-order valence-electron chi connectivity index (χ2n) is 5.88. The fraction of sp³-hybridized carbons (Fsp3) is 0.263. The van der Waals surface area contributed by atoms with Crippen LogP contribution < -0.4 is 10.6 Å². The first-order chi connectivity index (χ1) is 11.9. The van der Waals surface area contributed by atoms with Crippen molar-refractivity contribution in [2.24, 2.45) is 0 Å². The van der Waals surface area contributed by atoms with Gasteiger partial charge in [0.2, 0.25) is 11.8 Å². The molecule has 0 aromatic heterocycles. The van der Waals surface area contributed by atoms with E-state index in [1.165, 1.54) is 0 Å². The van der Waals surface area contributed by atoms with Gasteiger partial charge in [-0.1, -0.05) is 47.5 Å². The van der Waals surface area contributed by atoms with Crippen molar-refractivity contribution in [1.29, 1.82) is 0 Å². The van der Waals surface area contributed by atoms with Crippen LogP contribution in [0.3, 0.4) is 0 Å². The minimum atomic E-state index is -0.158. The molecule has 0 radical (unpaired) electrons. The molecule has 0 aliphatic rings. The van der Waals surface area contributed by atoms with Crippen molar-refractivity contribution in [3.63, 3.8) is 0 Å². The SMILES string of the molecule is CC(CNC(=O)Cc1ccc(Cl)cc1)NC(=O)Cc1ccc(Cl)cc1. The largest absolute Gasteiger partial charge is 0.354 e. The van der Waals surface area contributed by atoms with Crippen LogP contribution in [0.15, 0.2) is 48.5 Å². The number of carbonyl (C=O) groups is 2. The van der Waals surface area contributed by atoms with E-state index >= 15 is 0 Å². The summed E-state index contributed by atoms with van der Waals surface area (Å²) in [5.41, 5.74) is 1.78. The molecule has 0 aliphatic carbocycles. The van der Waals surface area contributed by atoms with E-state index in [-0.39, 0.29) is 30.7 Å². The fourth-order valence-electron chi connectivity index (χ4n) is 2.28. The van der Waals surface area contributed by atoms with Gasteiger partial charge in [-0.15, -0.1) is 0 Å². The molecule has 1 atom stereocenters. The Hall–Kier alpha value is -2.04. The fourth-order valence-corrected chi connectivity index (χ4v) is 2.53. The summed E-state index contributed by atoms with van der Waals surface area (Å²) < 4.78 is 0. The molecule has 2 N–H and O–H groups in total. The monoisotopic (exact) mass is 378 g/mol. The molecule has 2 rings (SSSR count). The second kappa shape index (κ2) is 9.44. The number of hydrogen-bond donors (Lipinski definition) is 2. The lowest BCUT2D eigenvalue weighted by molar-refractivity contribution is -0.122. The Morgan fingerprint density at radius 1 is 0.840 bits per heavy atom. The van der Waals surface area contributed by atoms with Gasteiger partial charge in [-0.25, -0.2) is 0 Å². The summed E-state index contributed by atoms with van der Waals surface area (Å²) in [7, 11) is 0.